The van der Waals surface area contributed by atoms with Gasteiger partial charge in [0.1, 0.15) is 0 Å². The molecule has 122 valence electrons. The standard InChI is InChI=1S/C19H23O3P/c1-15(16(2)20)14-19(22-3)23(21,17-10-6-4-7-11-17)18-12-8-5-9-13-18/h4-16,20H,1-3H3. The first-order valence-electron chi connectivity index (χ1n) is 7.66. The van der Waals surface area contributed by atoms with Crippen molar-refractivity contribution in [2.24, 2.45) is 5.92 Å². The van der Waals surface area contributed by atoms with Crippen LogP contribution in [-0.4, -0.2) is 18.3 Å². The molecule has 0 heterocycles. The number of rotatable bonds is 6. The Labute approximate surface area is 138 Å². The van der Waals surface area contributed by atoms with Crippen molar-refractivity contribution in [2.45, 2.75) is 20.0 Å². The van der Waals surface area contributed by atoms with E-state index in [0.29, 0.717) is 5.50 Å². The molecule has 0 aromatic heterocycles. The second kappa shape index (κ2) is 7.63. The molecule has 2 unspecified atom stereocenters. The molecule has 1 N–H and O–H groups in total. The quantitative estimate of drug-likeness (QED) is 0.651. The molecule has 0 fully saturated rings. The van der Waals surface area contributed by atoms with Crippen LogP contribution in [-0.2, 0) is 9.30 Å². The van der Waals surface area contributed by atoms with Gasteiger partial charge in [0.05, 0.1) is 13.2 Å². The summed E-state index contributed by atoms with van der Waals surface area (Å²) < 4.78 is 19.6. The Morgan fingerprint density at radius 1 is 1.00 bits per heavy atom. The van der Waals surface area contributed by atoms with Crippen LogP contribution in [0.25, 0.3) is 0 Å². The molecule has 2 rings (SSSR count). The molecule has 0 radical (unpaired) electrons. The summed E-state index contributed by atoms with van der Waals surface area (Å²) in [7, 11) is -1.57. The summed E-state index contributed by atoms with van der Waals surface area (Å²) in [6, 6.07) is 18.7. The van der Waals surface area contributed by atoms with Crippen molar-refractivity contribution in [3.05, 3.63) is 72.2 Å². The lowest BCUT2D eigenvalue weighted by Crippen LogP contribution is -2.20. The van der Waals surface area contributed by atoms with E-state index in [1.807, 2.05) is 67.6 Å². The normalized spacial score (nSPS) is 15.0. The molecule has 2 atom stereocenters. The van der Waals surface area contributed by atoms with Crippen LogP contribution in [0.2, 0.25) is 0 Å². The Morgan fingerprint density at radius 2 is 1.43 bits per heavy atom. The Morgan fingerprint density at radius 3 is 1.78 bits per heavy atom. The second-order valence-corrected chi connectivity index (χ2v) is 8.28. The first kappa shape index (κ1) is 17.5. The highest BCUT2D eigenvalue weighted by molar-refractivity contribution is 7.82. The molecule has 2 aromatic rings. The number of hydrogen-bond acceptors (Lipinski definition) is 3. The van der Waals surface area contributed by atoms with Crippen molar-refractivity contribution in [3.63, 3.8) is 0 Å². The van der Waals surface area contributed by atoms with Gasteiger partial charge < -0.3 is 14.4 Å². The number of hydrogen-bond donors (Lipinski definition) is 1. The maximum atomic E-state index is 14.0. The van der Waals surface area contributed by atoms with Crippen molar-refractivity contribution in [2.75, 3.05) is 7.11 Å². The minimum Gasteiger partial charge on any atom is -0.493 e. The molecule has 0 saturated heterocycles. The summed E-state index contributed by atoms with van der Waals surface area (Å²) in [5, 5.41) is 11.2. The smallest absolute Gasteiger partial charge is 0.203 e. The monoisotopic (exact) mass is 330 g/mol. The zero-order chi connectivity index (χ0) is 16.9. The first-order chi connectivity index (χ1) is 11.0. The third-order valence-corrected chi connectivity index (χ3v) is 6.93. The maximum Gasteiger partial charge on any atom is 0.203 e. The first-order valence-corrected chi connectivity index (χ1v) is 9.36. The van der Waals surface area contributed by atoms with Crippen molar-refractivity contribution in [1.29, 1.82) is 0 Å². The van der Waals surface area contributed by atoms with E-state index in [0.717, 1.165) is 10.6 Å². The van der Waals surface area contributed by atoms with Gasteiger partial charge in [-0.1, -0.05) is 67.6 Å². The molecule has 0 aliphatic heterocycles. The predicted molar refractivity (Wildman–Crippen MR) is 95.7 cm³/mol. The van der Waals surface area contributed by atoms with E-state index in [9.17, 15) is 9.67 Å². The number of aliphatic hydroxyl groups excluding tert-OH is 1. The van der Waals surface area contributed by atoms with E-state index in [-0.39, 0.29) is 5.92 Å². The van der Waals surface area contributed by atoms with Crippen LogP contribution in [0.15, 0.2) is 72.2 Å². The van der Waals surface area contributed by atoms with E-state index >= 15 is 0 Å². The van der Waals surface area contributed by atoms with Gasteiger partial charge in [-0.05, 0) is 13.0 Å². The number of methoxy groups -OCH3 is 1. The summed E-state index contributed by atoms with van der Waals surface area (Å²) in [6.07, 6.45) is 1.23. The Bertz CT molecular complexity index is 650. The fourth-order valence-corrected chi connectivity index (χ4v) is 5.04. The van der Waals surface area contributed by atoms with E-state index in [1.54, 1.807) is 13.0 Å². The SMILES string of the molecule is COC(=CC(C)C(C)O)P(=O)(c1ccccc1)c1ccccc1. The summed E-state index contributed by atoms with van der Waals surface area (Å²) >= 11 is 0. The molecular weight excluding hydrogens is 307 g/mol. The zero-order valence-electron chi connectivity index (χ0n) is 13.7. The summed E-state index contributed by atoms with van der Waals surface area (Å²) in [4.78, 5) is 0. The van der Waals surface area contributed by atoms with Gasteiger partial charge in [0.25, 0.3) is 0 Å². The summed E-state index contributed by atoms with van der Waals surface area (Å²) in [5.41, 5.74) is 0.406. The lowest BCUT2D eigenvalue weighted by Gasteiger charge is -2.23. The third kappa shape index (κ3) is 3.74. The van der Waals surface area contributed by atoms with Crippen LogP contribution in [0.4, 0.5) is 0 Å². The second-order valence-electron chi connectivity index (χ2n) is 5.59. The number of aliphatic hydroxyl groups is 1. The largest absolute Gasteiger partial charge is 0.493 e. The number of benzene rings is 2. The topological polar surface area (TPSA) is 46.5 Å². The van der Waals surface area contributed by atoms with Gasteiger partial charge in [-0.15, -0.1) is 0 Å². The number of ether oxygens (including phenoxy) is 1. The average molecular weight is 330 g/mol. The van der Waals surface area contributed by atoms with E-state index < -0.39 is 13.2 Å². The van der Waals surface area contributed by atoms with Crippen LogP contribution in [0.5, 0.6) is 0 Å². The van der Waals surface area contributed by atoms with Gasteiger partial charge >= 0.3 is 0 Å². The van der Waals surface area contributed by atoms with Gasteiger partial charge in [0.15, 0.2) is 5.50 Å². The molecule has 0 bridgehead atoms. The van der Waals surface area contributed by atoms with Crippen molar-refractivity contribution < 1.29 is 14.4 Å². The highest BCUT2D eigenvalue weighted by atomic mass is 31.2. The lowest BCUT2D eigenvalue weighted by atomic mass is 10.1. The van der Waals surface area contributed by atoms with Gasteiger partial charge in [0.2, 0.25) is 7.14 Å². The molecule has 2 aromatic carbocycles. The highest BCUT2D eigenvalue weighted by Crippen LogP contribution is 2.52. The lowest BCUT2D eigenvalue weighted by molar-refractivity contribution is 0.155. The zero-order valence-corrected chi connectivity index (χ0v) is 14.6. The Hall–Kier alpha value is -1.83. The Kier molecular flexibility index (Phi) is 5.81. The van der Waals surface area contributed by atoms with Gasteiger partial charge in [-0.3, -0.25) is 0 Å². The molecule has 0 aliphatic rings. The fraction of sp³-hybridized carbons (Fsp3) is 0.263. The van der Waals surface area contributed by atoms with Crippen LogP contribution in [0, 0.1) is 5.92 Å². The molecule has 0 amide bonds. The summed E-state index contributed by atoms with van der Waals surface area (Å²) in [5.74, 6) is -0.161. The van der Waals surface area contributed by atoms with E-state index in [2.05, 4.69) is 0 Å². The highest BCUT2D eigenvalue weighted by Gasteiger charge is 2.33. The van der Waals surface area contributed by atoms with Crippen molar-refractivity contribution in [3.8, 4) is 0 Å². The van der Waals surface area contributed by atoms with Gasteiger partial charge in [-0.25, -0.2) is 0 Å². The predicted octanol–water partition coefficient (Wildman–Crippen LogP) is 3.51. The van der Waals surface area contributed by atoms with Crippen molar-refractivity contribution in [1.82, 2.24) is 0 Å². The van der Waals surface area contributed by atoms with Gasteiger partial charge in [0, 0.05) is 16.5 Å². The molecular formula is C19H23O3P. The van der Waals surface area contributed by atoms with Crippen LogP contribution < -0.4 is 10.6 Å². The molecule has 23 heavy (non-hydrogen) atoms. The average Bonchev–Trinajstić information content (AvgIpc) is 2.60. The maximum absolute atomic E-state index is 14.0. The van der Waals surface area contributed by atoms with Crippen molar-refractivity contribution >= 4 is 17.8 Å². The minimum absolute atomic E-state index is 0.161. The van der Waals surface area contributed by atoms with Gasteiger partial charge in [-0.2, -0.15) is 0 Å². The summed E-state index contributed by atoms with van der Waals surface area (Å²) in [6.45, 7) is 3.59. The molecule has 4 heteroatoms. The molecule has 3 nitrogen and oxygen atoms in total. The molecule has 0 spiro atoms. The van der Waals surface area contributed by atoms with Crippen LogP contribution >= 0.6 is 7.14 Å². The Balaban J connectivity index is 2.65. The molecule has 0 saturated carbocycles. The van der Waals surface area contributed by atoms with Crippen LogP contribution in [0.3, 0.4) is 0 Å². The fourth-order valence-electron chi connectivity index (χ4n) is 2.35. The minimum atomic E-state index is -3.10. The van der Waals surface area contributed by atoms with E-state index in [4.69, 9.17) is 4.74 Å². The van der Waals surface area contributed by atoms with Crippen LogP contribution in [0.1, 0.15) is 13.8 Å². The molecule has 0 aliphatic carbocycles. The van der Waals surface area contributed by atoms with E-state index in [1.165, 1.54) is 7.11 Å². The third-order valence-electron chi connectivity index (χ3n) is 3.93.